The van der Waals surface area contributed by atoms with Crippen LogP contribution < -0.4 is 4.74 Å². The van der Waals surface area contributed by atoms with E-state index in [2.05, 4.69) is 15.9 Å². The molecule has 1 aromatic carbocycles. The van der Waals surface area contributed by atoms with Gasteiger partial charge in [-0.1, -0.05) is 28.1 Å². The number of carbonyl (C=O) groups excluding carboxylic acids is 2. The van der Waals surface area contributed by atoms with Crippen molar-refractivity contribution in [3.63, 3.8) is 0 Å². The Morgan fingerprint density at radius 3 is 2.46 bits per heavy atom. The van der Waals surface area contributed by atoms with E-state index in [1.54, 1.807) is 12.1 Å². The number of Topliss-reactive ketones (excluding diaryl/α,β-unsaturated/α-hetero) is 1. The van der Waals surface area contributed by atoms with E-state index in [0.717, 1.165) is 19.3 Å². The van der Waals surface area contributed by atoms with Crippen LogP contribution in [0.15, 0.2) is 24.3 Å². The van der Waals surface area contributed by atoms with Crippen molar-refractivity contribution < 1.29 is 19.1 Å². The first kappa shape index (κ1) is 18.0. The van der Waals surface area contributed by atoms with Gasteiger partial charge in [-0.15, -0.1) is 0 Å². The summed E-state index contributed by atoms with van der Waals surface area (Å²) in [6, 6.07) is 7.16. The Labute approximate surface area is 162 Å². The number of hydrogen-bond donors (Lipinski definition) is 0. The number of para-hydroxylation sites is 1. The van der Waals surface area contributed by atoms with E-state index in [1.165, 1.54) is 26.2 Å². The highest BCUT2D eigenvalue weighted by Gasteiger charge is 2.60. The topological polar surface area (TPSA) is 52.6 Å². The summed E-state index contributed by atoms with van der Waals surface area (Å²) < 4.78 is 11.5. The first-order valence-corrected chi connectivity index (χ1v) is 10.3. The molecular weight excluding hydrogens is 396 g/mol. The minimum Gasteiger partial charge on any atom is -0.489 e. The molecule has 4 nitrogen and oxygen atoms in total. The molecule has 5 heteroatoms. The van der Waals surface area contributed by atoms with Gasteiger partial charge in [0.1, 0.15) is 19.0 Å². The molecule has 4 fully saturated rings. The van der Waals surface area contributed by atoms with Crippen molar-refractivity contribution in [2.24, 2.45) is 17.3 Å². The highest BCUT2D eigenvalue weighted by Crippen LogP contribution is 2.64. The summed E-state index contributed by atoms with van der Waals surface area (Å²) in [5.41, 5.74) is 0.256. The molecule has 0 heterocycles. The van der Waals surface area contributed by atoms with Crippen molar-refractivity contribution in [2.75, 3.05) is 13.2 Å². The lowest BCUT2D eigenvalue weighted by atomic mass is 9.49. The van der Waals surface area contributed by atoms with E-state index in [1.807, 2.05) is 12.1 Å². The molecule has 4 aliphatic carbocycles. The number of benzene rings is 1. The molecule has 140 valence electrons. The van der Waals surface area contributed by atoms with Gasteiger partial charge < -0.3 is 9.47 Å². The molecule has 0 saturated heterocycles. The lowest BCUT2D eigenvalue weighted by Gasteiger charge is -2.58. The second kappa shape index (κ2) is 6.66. The van der Waals surface area contributed by atoms with Gasteiger partial charge in [0.05, 0.1) is 11.0 Å². The lowest BCUT2D eigenvalue weighted by molar-refractivity contribution is -0.170. The fourth-order valence-electron chi connectivity index (χ4n) is 5.71. The third-order valence-electron chi connectivity index (χ3n) is 6.26. The second-order valence-corrected chi connectivity index (χ2v) is 10.1. The summed E-state index contributed by atoms with van der Waals surface area (Å²) in [4.78, 5) is 24.5. The van der Waals surface area contributed by atoms with Gasteiger partial charge in [0, 0.05) is 4.32 Å². The van der Waals surface area contributed by atoms with E-state index in [0.29, 0.717) is 23.1 Å². The minimum absolute atomic E-state index is 0.0335. The summed E-state index contributed by atoms with van der Waals surface area (Å²) >= 11 is 3.93. The van der Waals surface area contributed by atoms with Gasteiger partial charge in [-0.05, 0) is 69.4 Å². The molecule has 0 aromatic heterocycles. The van der Waals surface area contributed by atoms with Crippen molar-refractivity contribution >= 4 is 27.7 Å². The Morgan fingerprint density at radius 1 is 1.12 bits per heavy atom. The smallest absolute Gasteiger partial charge is 0.312 e. The maximum atomic E-state index is 12.9. The molecule has 0 radical (unpaired) electrons. The average Bonchev–Trinajstić information content (AvgIpc) is 2.56. The van der Waals surface area contributed by atoms with Crippen molar-refractivity contribution in [1.29, 1.82) is 0 Å². The van der Waals surface area contributed by atoms with Crippen molar-refractivity contribution in [3.8, 4) is 5.75 Å². The zero-order valence-corrected chi connectivity index (χ0v) is 16.7. The van der Waals surface area contributed by atoms with E-state index in [4.69, 9.17) is 9.47 Å². The van der Waals surface area contributed by atoms with Crippen LogP contribution >= 0.6 is 15.9 Å². The number of alkyl halides is 1. The lowest BCUT2D eigenvalue weighted by Crippen LogP contribution is -2.56. The largest absolute Gasteiger partial charge is 0.489 e. The van der Waals surface area contributed by atoms with Crippen LogP contribution in [0.5, 0.6) is 5.75 Å². The quantitative estimate of drug-likeness (QED) is 0.293. The van der Waals surface area contributed by atoms with Gasteiger partial charge in [-0.3, -0.25) is 9.59 Å². The van der Waals surface area contributed by atoms with Crippen molar-refractivity contribution in [3.05, 3.63) is 29.8 Å². The van der Waals surface area contributed by atoms with E-state index in [-0.39, 0.29) is 34.7 Å². The molecular formula is C21H25BrO4. The van der Waals surface area contributed by atoms with Crippen LogP contribution in [0.4, 0.5) is 0 Å². The fourth-order valence-corrected chi connectivity index (χ4v) is 7.16. The summed E-state index contributed by atoms with van der Waals surface area (Å²) in [5.74, 6) is 1.77. The normalized spacial score (nSPS) is 34.5. The number of halogens is 1. The number of esters is 1. The van der Waals surface area contributed by atoms with Crippen LogP contribution in [0.1, 0.15) is 55.8 Å². The van der Waals surface area contributed by atoms with Crippen molar-refractivity contribution in [2.45, 2.75) is 49.8 Å². The Morgan fingerprint density at radius 2 is 1.81 bits per heavy atom. The zero-order valence-electron chi connectivity index (χ0n) is 15.1. The molecule has 4 aliphatic rings. The Bertz CT molecular complexity index is 714. The van der Waals surface area contributed by atoms with Gasteiger partial charge in [-0.25, -0.2) is 0 Å². The minimum atomic E-state index is -0.301. The maximum Gasteiger partial charge on any atom is 0.312 e. The average molecular weight is 421 g/mol. The molecule has 2 unspecified atom stereocenters. The summed E-state index contributed by atoms with van der Waals surface area (Å²) in [5, 5.41) is 0. The molecule has 0 amide bonds. The number of hydrogen-bond acceptors (Lipinski definition) is 4. The highest BCUT2D eigenvalue weighted by molar-refractivity contribution is 9.10. The van der Waals surface area contributed by atoms with Gasteiger partial charge in [0.15, 0.2) is 5.78 Å². The van der Waals surface area contributed by atoms with Crippen LogP contribution in [0.2, 0.25) is 0 Å². The highest BCUT2D eigenvalue weighted by atomic mass is 79.9. The predicted octanol–water partition coefficient (Wildman–Crippen LogP) is 4.55. The number of ether oxygens (including phenoxy) is 2. The van der Waals surface area contributed by atoms with E-state index < -0.39 is 0 Å². The number of carbonyl (C=O) groups is 2. The molecule has 0 N–H and O–H groups in total. The van der Waals surface area contributed by atoms with Gasteiger partial charge in [0.2, 0.25) is 0 Å². The Hall–Kier alpha value is -1.36. The van der Waals surface area contributed by atoms with Gasteiger partial charge >= 0.3 is 5.97 Å². The number of ketones is 1. The standard InChI is InChI=1S/C21H25BrO4/c1-14(23)17-4-2-3-5-18(17)25-6-7-26-19(24)20-9-15-8-16(10-20)12-21(22,11-15)13-20/h2-5,15-16H,6-13H2,1H3. The van der Waals surface area contributed by atoms with Crippen LogP contribution in [0.3, 0.4) is 0 Å². The van der Waals surface area contributed by atoms with Crippen LogP contribution in [0.25, 0.3) is 0 Å². The third kappa shape index (κ3) is 3.30. The van der Waals surface area contributed by atoms with E-state index in [9.17, 15) is 9.59 Å². The molecule has 4 saturated carbocycles. The second-order valence-electron chi connectivity index (χ2n) is 8.43. The first-order chi connectivity index (χ1) is 12.4. The molecule has 1 aromatic rings. The predicted molar refractivity (Wildman–Crippen MR) is 102 cm³/mol. The van der Waals surface area contributed by atoms with Crippen LogP contribution in [0, 0.1) is 17.3 Å². The first-order valence-electron chi connectivity index (χ1n) is 9.48. The van der Waals surface area contributed by atoms with Gasteiger partial charge in [-0.2, -0.15) is 0 Å². The Kier molecular flexibility index (Phi) is 4.62. The zero-order chi connectivity index (χ0) is 18.4. The number of rotatable bonds is 6. The van der Waals surface area contributed by atoms with Crippen molar-refractivity contribution in [1.82, 2.24) is 0 Å². The summed E-state index contributed by atoms with van der Waals surface area (Å²) in [6.07, 6.45) is 6.52. The molecule has 0 spiro atoms. The molecule has 5 rings (SSSR count). The summed E-state index contributed by atoms with van der Waals surface area (Å²) in [7, 11) is 0. The maximum absolute atomic E-state index is 12.9. The summed E-state index contributed by atoms with van der Waals surface area (Å²) in [6.45, 7) is 2.00. The Balaban J connectivity index is 1.33. The fraction of sp³-hybridized carbons (Fsp3) is 0.619. The van der Waals surface area contributed by atoms with Gasteiger partial charge in [0.25, 0.3) is 0 Å². The monoisotopic (exact) mass is 420 g/mol. The molecule has 0 aliphatic heterocycles. The molecule has 2 atom stereocenters. The molecule has 26 heavy (non-hydrogen) atoms. The third-order valence-corrected chi connectivity index (χ3v) is 7.19. The molecule has 4 bridgehead atoms. The SMILES string of the molecule is CC(=O)c1ccccc1OCCOC(=O)C12CC3CC(CC(Br)(C3)C1)C2. The van der Waals surface area contributed by atoms with Crippen LogP contribution in [-0.4, -0.2) is 29.3 Å². The van der Waals surface area contributed by atoms with E-state index >= 15 is 0 Å². The van der Waals surface area contributed by atoms with Crippen LogP contribution in [-0.2, 0) is 9.53 Å².